The SMILES string of the molecule is CC(OCC1(c2ccccc2)CC[C@@]2(CN1)COC(=O)N2)c1cc(C(F)(F)F)cc(C(F)(F)F)c1. The third-order valence-corrected chi connectivity index (χ3v) is 6.63. The minimum atomic E-state index is -4.94. The molecule has 2 heterocycles. The molecule has 2 aromatic carbocycles. The first-order chi connectivity index (χ1) is 16.3. The van der Waals surface area contributed by atoms with Gasteiger partial charge in [-0.3, -0.25) is 0 Å². The summed E-state index contributed by atoms with van der Waals surface area (Å²) in [5, 5.41) is 6.21. The maximum Gasteiger partial charge on any atom is 0.416 e. The first-order valence-electron chi connectivity index (χ1n) is 11.0. The molecule has 0 bridgehead atoms. The Morgan fingerprint density at radius 3 is 2.11 bits per heavy atom. The summed E-state index contributed by atoms with van der Waals surface area (Å²) in [4.78, 5) is 11.6. The molecule has 2 aliphatic heterocycles. The molecule has 4 rings (SSSR count). The fourth-order valence-corrected chi connectivity index (χ4v) is 4.48. The molecule has 2 aromatic rings. The average Bonchev–Trinajstić information content (AvgIpc) is 3.18. The summed E-state index contributed by atoms with van der Waals surface area (Å²) in [5.41, 5.74) is -3.48. The van der Waals surface area contributed by atoms with Gasteiger partial charge in [-0.1, -0.05) is 30.3 Å². The van der Waals surface area contributed by atoms with Gasteiger partial charge in [0.15, 0.2) is 0 Å². The van der Waals surface area contributed by atoms with E-state index >= 15 is 0 Å². The fraction of sp³-hybridized carbons (Fsp3) is 0.458. The van der Waals surface area contributed by atoms with Crippen LogP contribution in [0.2, 0.25) is 0 Å². The quantitative estimate of drug-likeness (QED) is 0.526. The van der Waals surface area contributed by atoms with E-state index in [1.165, 1.54) is 6.92 Å². The standard InChI is InChI=1S/C24H24F6N2O3/c1-15(16-9-18(23(25,26)27)11-19(10-16)24(28,29)30)34-14-22(17-5-3-2-4-6-17)8-7-21(12-31-22)13-35-20(33)32-21/h2-6,9-11,15,31H,7-8,12-14H2,1H3,(H,32,33)/t15?,21-,22?/m1/s1. The van der Waals surface area contributed by atoms with Crippen molar-refractivity contribution in [3.05, 3.63) is 70.8 Å². The number of halogens is 6. The van der Waals surface area contributed by atoms with Gasteiger partial charge in [0.2, 0.25) is 0 Å². The lowest BCUT2D eigenvalue weighted by molar-refractivity contribution is -0.143. The first kappa shape index (κ1) is 25.3. The van der Waals surface area contributed by atoms with E-state index in [0.29, 0.717) is 31.5 Å². The molecule has 190 valence electrons. The van der Waals surface area contributed by atoms with Crippen LogP contribution >= 0.6 is 0 Å². The number of carbonyl (C=O) groups is 1. The Morgan fingerprint density at radius 2 is 1.63 bits per heavy atom. The Bertz CT molecular complexity index is 1030. The third-order valence-electron chi connectivity index (χ3n) is 6.63. The number of alkyl halides is 6. The van der Waals surface area contributed by atoms with Crippen molar-refractivity contribution in [1.29, 1.82) is 0 Å². The van der Waals surface area contributed by atoms with Crippen molar-refractivity contribution in [3.63, 3.8) is 0 Å². The smallest absolute Gasteiger partial charge is 0.416 e. The monoisotopic (exact) mass is 502 g/mol. The highest BCUT2D eigenvalue weighted by Gasteiger charge is 2.48. The van der Waals surface area contributed by atoms with Gasteiger partial charge in [0.05, 0.1) is 34.9 Å². The van der Waals surface area contributed by atoms with Crippen molar-refractivity contribution in [1.82, 2.24) is 10.6 Å². The second-order valence-corrected chi connectivity index (χ2v) is 9.08. The zero-order valence-corrected chi connectivity index (χ0v) is 18.7. The van der Waals surface area contributed by atoms with Crippen molar-refractivity contribution in [2.75, 3.05) is 19.8 Å². The summed E-state index contributed by atoms with van der Waals surface area (Å²) in [7, 11) is 0. The van der Waals surface area contributed by atoms with E-state index in [4.69, 9.17) is 9.47 Å². The number of ether oxygens (including phenoxy) is 2. The molecule has 1 spiro atoms. The van der Waals surface area contributed by atoms with Gasteiger partial charge >= 0.3 is 18.4 Å². The van der Waals surface area contributed by atoms with Gasteiger partial charge in [-0.2, -0.15) is 26.3 Å². The lowest BCUT2D eigenvalue weighted by Gasteiger charge is -2.45. The lowest BCUT2D eigenvalue weighted by atomic mass is 9.77. The number of amides is 1. The number of carbonyl (C=O) groups excluding carboxylic acids is 1. The van der Waals surface area contributed by atoms with Crippen LogP contribution in [0.4, 0.5) is 31.1 Å². The summed E-state index contributed by atoms with van der Waals surface area (Å²) in [6, 6.07) is 10.7. The highest BCUT2D eigenvalue weighted by Crippen LogP contribution is 2.40. The Balaban J connectivity index is 1.58. The van der Waals surface area contributed by atoms with Crippen molar-refractivity contribution < 1.29 is 40.6 Å². The molecule has 11 heteroatoms. The second-order valence-electron chi connectivity index (χ2n) is 9.08. The highest BCUT2D eigenvalue weighted by atomic mass is 19.4. The summed E-state index contributed by atoms with van der Waals surface area (Å²) >= 11 is 0. The molecule has 2 saturated heterocycles. The molecule has 0 saturated carbocycles. The molecule has 35 heavy (non-hydrogen) atoms. The Morgan fingerprint density at radius 1 is 1.00 bits per heavy atom. The third kappa shape index (κ3) is 5.40. The van der Waals surface area contributed by atoms with Crippen LogP contribution in [0.25, 0.3) is 0 Å². The number of cyclic esters (lactones) is 1. The number of hydrogen-bond donors (Lipinski definition) is 2. The van der Waals surface area contributed by atoms with Gasteiger partial charge in [0, 0.05) is 6.54 Å². The predicted octanol–water partition coefficient (Wildman–Crippen LogP) is 5.56. The minimum Gasteiger partial charge on any atom is -0.447 e. The molecular formula is C24H24F6N2O3. The molecule has 2 N–H and O–H groups in total. The predicted molar refractivity (Wildman–Crippen MR) is 113 cm³/mol. The molecule has 0 radical (unpaired) electrons. The molecular weight excluding hydrogens is 478 g/mol. The molecule has 2 unspecified atom stereocenters. The van der Waals surface area contributed by atoms with Gasteiger partial charge < -0.3 is 20.1 Å². The second kappa shape index (κ2) is 9.02. The number of alkyl carbamates (subject to hydrolysis) is 1. The Labute approximate surface area is 197 Å². The van der Waals surface area contributed by atoms with Crippen LogP contribution in [-0.2, 0) is 27.4 Å². The van der Waals surface area contributed by atoms with E-state index in [0.717, 1.165) is 5.56 Å². The van der Waals surface area contributed by atoms with E-state index < -0.39 is 46.8 Å². The molecule has 5 nitrogen and oxygen atoms in total. The van der Waals surface area contributed by atoms with Crippen LogP contribution in [0, 0.1) is 0 Å². The van der Waals surface area contributed by atoms with Gasteiger partial charge in [0.25, 0.3) is 0 Å². The number of hydrogen-bond acceptors (Lipinski definition) is 4. The van der Waals surface area contributed by atoms with Crippen LogP contribution in [0.1, 0.15) is 48.1 Å². The molecule has 1 amide bonds. The van der Waals surface area contributed by atoms with E-state index in [1.807, 2.05) is 30.3 Å². The van der Waals surface area contributed by atoms with Crippen molar-refractivity contribution in [2.45, 2.75) is 49.3 Å². The fourth-order valence-electron chi connectivity index (χ4n) is 4.48. The maximum absolute atomic E-state index is 13.3. The van der Waals surface area contributed by atoms with E-state index in [1.54, 1.807) is 0 Å². The zero-order chi connectivity index (χ0) is 25.5. The highest BCUT2D eigenvalue weighted by molar-refractivity contribution is 5.70. The van der Waals surface area contributed by atoms with Gasteiger partial charge in [-0.15, -0.1) is 0 Å². The van der Waals surface area contributed by atoms with Crippen LogP contribution in [-0.4, -0.2) is 31.4 Å². The van der Waals surface area contributed by atoms with Crippen LogP contribution in [0.3, 0.4) is 0 Å². The number of benzene rings is 2. The van der Waals surface area contributed by atoms with E-state index in [9.17, 15) is 31.1 Å². The minimum absolute atomic E-state index is 0.0132. The summed E-state index contributed by atoms with van der Waals surface area (Å²) in [5.74, 6) is 0. The molecule has 2 aliphatic rings. The van der Waals surface area contributed by atoms with Crippen LogP contribution < -0.4 is 10.6 Å². The Kier molecular flexibility index (Phi) is 6.52. The van der Waals surface area contributed by atoms with Crippen molar-refractivity contribution >= 4 is 6.09 Å². The number of piperidine rings is 1. The van der Waals surface area contributed by atoms with E-state index in [-0.39, 0.29) is 24.8 Å². The number of rotatable bonds is 5. The summed E-state index contributed by atoms with van der Waals surface area (Å²) in [6.07, 6.45) is -10.4. The van der Waals surface area contributed by atoms with Gasteiger partial charge in [-0.05, 0) is 49.1 Å². The lowest BCUT2D eigenvalue weighted by Crippen LogP contribution is -2.62. The van der Waals surface area contributed by atoms with E-state index in [2.05, 4.69) is 10.6 Å². The molecule has 0 aromatic heterocycles. The maximum atomic E-state index is 13.3. The van der Waals surface area contributed by atoms with Crippen LogP contribution in [0.5, 0.6) is 0 Å². The molecule has 3 atom stereocenters. The summed E-state index contributed by atoms with van der Waals surface area (Å²) in [6.45, 7) is 1.96. The largest absolute Gasteiger partial charge is 0.447 e. The Hall–Kier alpha value is -2.79. The molecule has 0 aliphatic carbocycles. The first-order valence-corrected chi connectivity index (χ1v) is 11.0. The topological polar surface area (TPSA) is 59.6 Å². The van der Waals surface area contributed by atoms with Crippen LogP contribution in [0.15, 0.2) is 48.5 Å². The summed E-state index contributed by atoms with van der Waals surface area (Å²) < 4.78 is 90.6. The normalized spacial score (nSPS) is 25.9. The van der Waals surface area contributed by atoms with Crippen molar-refractivity contribution in [2.24, 2.45) is 0 Å². The van der Waals surface area contributed by atoms with Crippen molar-refractivity contribution in [3.8, 4) is 0 Å². The zero-order valence-electron chi connectivity index (χ0n) is 18.7. The average molecular weight is 502 g/mol. The molecule has 2 fully saturated rings. The number of nitrogens with one attached hydrogen (secondary N) is 2. The van der Waals surface area contributed by atoms with Gasteiger partial charge in [-0.25, -0.2) is 4.79 Å². The van der Waals surface area contributed by atoms with Gasteiger partial charge in [0.1, 0.15) is 6.61 Å².